The second-order valence-corrected chi connectivity index (χ2v) is 7.66. The van der Waals surface area contributed by atoms with Gasteiger partial charge in [0.2, 0.25) is 0 Å². The van der Waals surface area contributed by atoms with Crippen molar-refractivity contribution in [3.05, 3.63) is 66.9 Å². The molecule has 1 saturated heterocycles. The van der Waals surface area contributed by atoms with Crippen LogP contribution in [0.5, 0.6) is 0 Å². The fourth-order valence-corrected chi connectivity index (χ4v) is 3.07. The van der Waals surface area contributed by atoms with Crippen molar-refractivity contribution < 1.29 is 9.31 Å². The molecular formula is C21H23BN2O2. The molecule has 0 saturated carbocycles. The Morgan fingerprint density at radius 1 is 0.808 bits per heavy atom. The van der Waals surface area contributed by atoms with Gasteiger partial charge in [0.15, 0.2) is 0 Å². The molecule has 0 N–H and O–H groups in total. The lowest BCUT2D eigenvalue weighted by atomic mass is 9.80. The molecule has 26 heavy (non-hydrogen) atoms. The molecule has 132 valence electrons. The highest BCUT2D eigenvalue weighted by Crippen LogP contribution is 2.37. The van der Waals surface area contributed by atoms with Crippen LogP contribution in [-0.4, -0.2) is 28.1 Å². The minimum atomic E-state index is -0.500. The first-order valence-corrected chi connectivity index (χ1v) is 8.93. The lowest BCUT2D eigenvalue weighted by Gasteiger charge is -2.32. The zero-order valence-electron chi connectivity index (χ0n) is 15.6. The Bertz CT molecular complexity index is 888. The van der Waals surface area contributed by atoms with E-state index in [1.807, 2.05) is 59.4 Å². The maximum Gasteiger partial charge on any atom is 0.517 e. The number of para-hydroxylation sites is 1. The van der Waals surface area contributed by atoms with E-state index in [0.29, 0.717) is 0 Å². The van der Waals surface area contributed by atoms with Gasteiger partial charge in [-0.2, -0.15) is 5.10 Å². The fourth-order valence-electron chi connectivity index (χ4n) is 3.07. The van der Waals surface area contributed by atoms with Crippen LogP contribution in [0.15, 0.2) is 66.9 Å². The van der Waals surface area contributed by atoms with Gasteiger partial charge < -0.3 is 9.31 Å². The highest BCUT2D eigenvalue weighted by molar-refractivity contribution is 6.62. The number of aromatic nitrogens is 2. The number of benzene rings is 2. The summed E-state index contributed by atoms with van der Waals surface area (Å²) in [6.07, 6.45) is 2.05. The van der Waals surface area contributed by atoms with E-state index in [-0.39, 0.29) is 0 Å². The van der Waals surface area contributed by atoms with E-state index >= 15 is 0 Å². The topological polar surface area (TPSA) is 36.3 Å². The lowest BCUT2D eigenvalue weighted by Crippen LogP contribution is -2.41. The Balaban J connectivity index is 1.82. The second kappa shape index (κ2) is 6.11. The van der Waals surface area contributed by atoms with Crippen molar-refractivity contribution in [2.45, 2.75) is 38.9 Å². The van der Waals surface area contributed by atoms with Crippen molar-refractivity contribution in [3.8, 4) is 16.8 Å². The minimum Gasteiger partial charge on any atom is -0.398 e. The maximum atomic E-state index is 6.26. The second-order valence-electron chi connectivity index (χ2n) is 7.66. The van der Waals surface area contributed by atoms with Gasteiger partial charge >= 0.3 is 7.12 Å². The first-order chi connectivity index (χ1) is 12.4. The minimum absolute atomic E-state index is 0.401. The third-order valence-corrected chi connectivity index (χ3v) is 5.32. The molecule has 0 amide bonds. The fraction of sp³-hybridized carbons (Fsp3) is 0.286. The van der Waals surface area contributed by atoms with Crippen LogP contribution in [-0.2, 0) is 9.31 Å². The summed E-state index contributed by atoms with van der Waals surface area (Å²) in [5.41, 5.74) is 3.13. The molecule has 1 aliphatic rings. The molecule has 5 heteroatoms. The molecule has 0 bridgehead atoms. The first-order valence-electron chi connectivity index (χ1n) is 8.93. The lowest BCUT2D eigenvalue weighted by molar-refractivity contribution is 0.00578. The first kappa shape index (κ1) is 17.1. The van der Waals surface area contributed by atoms with E-state index in [9.17, 15) is 0 Å². The summed E-state index contributed by atoms with van der Waals surface area (Å²) in [5.74, 6) is 0. The molecule has 2 aromatic carbocycles. The van der Waals surface area contributed by atoms with Gasteiger partial charge in [0, 0.05) is 11.8 Å². The van der Waals surface area contributed by atoms with E-state index in [1.54, 1.807) is 0 Å². The molecule has 0 unspecified atom stereocenters. The molecule has 1 aliphatic heterocycles. The zero-order chi connectivity index (χ0) is 18.4. The van der Waals surface area contributed by atoms with Gasteiger partial charge in [-0.05, 0) is 45.4 Å². The smallest absolute Gasteiger partial charge is 0.398 e. The third kappa shape index (κ3) is 2.87. The summed E-state index contributed by atoms with van der Waals surface area (Å²) in [7, 11) is -0.500. The van der Waals surface area contributed by atoms with Crippen LogP contribution in [0.2, 0.25) is 0 Å². The number of rotatable bonds is 3. The van der Waals surface area contributed by atoms with Crippen molar-refractivity contribution >= 4 is 12.7 Å². The Morgan fingerprint density at radius 3 is 1.92 bits per heavy atom. The molecule has 4 rings (SSSR count). The van der Waals surface area contributed by atoms with Gasteiger partial charge in [0.25, 0.3) is 0 Å². The zero-order valence-corrected chi connectivity index (χ0v) is 15.6. The molecule has 4 nitrogen and oxygen atoms in total. The molecule has 0 aliphatic carbocycles. The van der Waals surface area contributed by atoms with Crippen LogP contribution in [0.25, 0.3) is 16.8 Å². The van der Waals surface area contributed by atoms with Crippen LogP contribution in [0, 0.1) is 0 Å². The van der Waals surface area contributed by atoms with Crippen LogP contribution in [0.3, 0.4) is 0 Å². The average Bonchev–Trinajstić information content (AvgIpc) is 3.16. The SMILES string of the molecule is CC1(C)OB(c2nn(-c3ccccc3)cc2-c2ccccc2)OC1(C)C. The van der Waals surface area contributed by atoms with Crippen LogP contribution in [0.1, 0.15) is 27.7 Å². The molecule has 0 spiro atoms. The molecule has 1 aromatic heterocycles. The van der Waals surface area contributed by atoms with Crippen LogP contribution in [0.4, 0.5) is 0 Å². The highest BCUT2D eigenvalue weighted by atomic mass is 16.7. The average molecular weight is 346 g/mol. The molecule has 0 radical (unpaired) electrons. The number of nitrogens with zero attached hydrogens (tertiary/aromatic N) is 2. The summed E-state index contributed by atoms with van der Waals surface area (Å²) in [4.78, 5) is 0. The van der Waals surface area contributed by atoms with Gasteiger partial charge in [0.1, 0.15) is 5.59 Å². The predicted molar refractivity (Wildman–Crippen MR) is 105 cm³/mol. The summed E-state index contributed by atoms with van der Waals surface area (Å²) in [6, 6.07) is 20.3. The van der Waals surface area contributed by atoms with Gasteiger partial charge in [-0.25, -0.2) is 4.68 Å². The quantitative estimate of drug-likeness (QED) is 0.676. The van der Waals surface area contributed by atoms with Gasteiger partial charge in [-0.3, -0.25) is 0 Å². The van der Waals surface area contributed by atoms with Crippen molar-refractivity contribution in [1.29, 1.82) is 0 Å². The molecular weight excluding hydrogens is 323 g/mol. The molecule has 0 atom stereocenters. The predicted octanol–water partition coefficient (Wildman–Crippen LogP) is 3.84. The molecule has 2 heterocycles. The molecule has 1 fully saturated rings. The van der Waals surface area contributed by atoms with Crippen molar-refractivity contribution in [2.75, 3.05) is 0 Å². The van der Waals surface area contributed by atoms with E-state index in [0.717, 1.165) is 22.4 Å². The standard InChI is InChI=1S/C21H23BN2O2/c1-20(2)21(3,4)26-22(25-20)19-18(16-11-7-5-8-12-16)15-24(23-19)17-13-9-6-10-14-17/h5-15H,1-4H3. The van der Waals surface area contributed by atoms with Crippen molar-refractivity contribution in [3.63, 3.8) is 0 Å². The maximum absolute atomic E-state index is 6.26. The van der Waals surface area contributed by atoms with Gasteiger partial charge in [-0.1, -0.05) is 48.5 Å². The highest BCUT2D eigenvalue weighted by Gasteiger charge is 2.53. The van der Waals surface area contributed by atoms with Crippen LogP contribution < -0.4 is 5.59 Å². The summed E-state index contributed by atoms with van der Waals surface area (Å²) < 4.78 is 14.4. The van der Waals surface area contributed by atoms with Crippen molar-refractivity contribution in [1.82, 2.24) is 9.78 Å². The largest absolute Gasteiger partial charge is 0.517 e. The summed E-state index contributed by atoms with van der Waals surface area (Å²) in [6.45, 7) is 8.24. The van der Waals surface area contributed by atoms with E-state index in [4.69, 9.17) is 14.4 Å². The number of hydrogen-bond acceptors (Lipinski definition) is 3. The Labute approximate surface area is 154 Å². The monoisotopic (exact) mass is 346 g/mol. The summed E-state index contributed by atoms with van der Waals surface area (Å²) in [5, 5.41) is 4.84. The normalized spacial score (nSPS) is 18.2. The Kier molecular flexibility index (Phi) is 4.01. The summed E-state index contributed by atoms with van der Waals surface area (Å²) >= 11 is 0. The van der Waals surface area contributed by atoms with Crippen molar-refractivity contribution in [2.24, 2.45) is 0 Å². The number of hydrogen-bond donors (Lipinski definition) is 0. The van der Waals surface area contributed by atoms with Crippen LogP contribution >= 0.6 is 0 Å². The van der Waals surface area contributed by atoms with E-state index in [1.165, 1.54) is 0 Å². The van der Waals surface area contributed by atoms with E-state index < -0.39 is 18.3 Å². The Hall–Kier alpha value is -2.37. The third-order valence-electron chi connectivity index (χ3n) is 5.32. The van der Waals surface area contributed by atoms with Gasteiger partial charge in [-0.15, -0.1) is 0 Å². The molecule has 3 aromatic rings. The van der Waals surface area contributed by atoms with E-state index in [2.05, 4.69) is 39.8 Å². The van der Waals surface area contributed by atoms with Gasteiger partial charge in [0.05, 0.1) is 16.9 Å². The Morgan fingerprint density at radius 2 is 1.35 bits per heavy atom.